The highest BCUT2D eigenvalue weighted by molar-refractivity contribution is 5.93. The average molecular weight is 393 g/mol. The van der Waals surface area contributed by atoms with E-state index in [0.717, 1.165) is 48.3 Å². The Bertz CT molecular complexity index is 886. The first-order valence-electron chi connectivity index (χ1n) is 10.9. The van der Waals surface area contributed by atoms with E-state index in [1.807, 2.05) is 12.1 Å². The number of fused-ring (bicyclic) bond motifs is 2. The average Bonchev–Trinajstić information content (AvgIpc) is 3.51. The summed E-state index contributed by atoms with van der Waals surface area (Å²) in [6.45, 7) is 8.01. The molecular formula is C25H32N2O2. The van der Waals surface area contributed by atoms with Crippen LogP contribution in [0.1, 0.15) is 60.2 Å². The van der Waals surface area contributed by atoms with Gasteiger partial charge in [-0.25, -0.2) is 0 Å². The van der Waals surface area contributed by atoms with E-state index in [0.29, 0.717) is 5.56 Å². The number of primary amides is 1. The van der Waals surface area contributed by atoms with Gasteiger partial charge in [0.25, 0.3) is 0 Å². The van der Waals surface area contributed by atoms with Gasteiger partial charge in [0.05, 0.1) is 0 Å². The number of carbonyl (C=O) groups excluding carboxylic acids is 1. The molecule has 2 aliphatic rings. The van der Waals surface area contributed by atoms with E-state index in [2.05, 4.69) is 36.9 Å². The fraction of sp³-hybridized carbons (Fsp3) is 0.480. The summed E-state index contributed by atoms with van der Waals surface area (Å²) in [5, 5.41) is 0. The molecule has 0 aromatic heterocycles. The third kappa shape index (κ3) is 5.18. The molecule has 1 fully saturated rings. The number of carbonyl (C=O) groups is 1. The predicted molar refractivity (Wildman–Crippen MR) is 116 cm³/mol. The van der Waals surface area contributed by atoms with Gasteiger partial charge in [-0.05, 0) is 91.4 Å². The van der Waals surface area contributed by atoms with Gasteiger partial charge in [-0.2, -0.15) is 0 Å². The molecule has 0 atom stereocenters. The minimum atomic E-state index is -0.394. The Balaban J connectivity index is 1.48. The lowest BCUT2D eigenvalue weighted by Crippen LogP contribution is -2.27. The van der Waals surface area contributed by atoms with Crippen molar-refractivity contribution in [3.8, 4) is 11.5 Å². The second-order valence-electron chi connectivity index (χ2n) is 9.09. The zero-order chi connectivity index (χ0) is 20.4. The third-order valence-corrected chi connectivity index (χ3v) is 6.00. The van der Waals surface area contributed by atoms with Gasteiger partial charge < -0.3 is 10.5 Å². The van der Waals surface area contributed by atoms with Crippen LogP contribution >= 0.6 is 0 Å². The number of hydrogen-bond donors (Lipinski definition) is 1. The molecule has 0 saturated heterocycles. The van der Waals surface area contributed by atoms with Crippen LogP contribution in [0.3, 0.4) is 0 Å². The largest absolute Gasteiger partial charge is 0.457 e. The standard InChI is InChI=1S/C25H32N2O2/c1-17(2)11-12-27(15-18-3-4-18)16-19-5-9-23-20(13-19)6-7-21-14-22(25(26)28)8-10-24(21)29-23/h5,8-10,13-14,17-18H,3-4,6-7,11-12,15-16H2,1-2H3,(H2,26,28). The van der Waals surface area contributed by atoms with Crippen LogP contribution in [0.25, 0.3) is 0 Å². The van der Waals surface area contributed by atoms with Gasteiger partial charge in [0, 0.05) is 18.7 Å². The molecule has 1 aliphatic carbocycles. The van der Waals surface area contributed by atoms with Crippen molar-refractivity contribution < 1.29 is 9.53 Å². The SMILES string of the molecule is CC(C)CCN(Cc1ccc2c(c1)CCc1cc(C(N)=O)ccc1O2)CC1CC1. The molecule has 4 heteroatoms. The molecule has 0 radical (unpaired) electrons. The van der Waals surface area contributed by atoms with Crippen molar-refractivity contribution in [2.75, 3.05) is 13.1 Å². The zero-order valence-electron chi connectivity index (χ0n) is 17.6. The molecule has 0 spiro atoms. The van der Waals surface area contributed by atoms with Gasteiger partial charge in [-0.3, -0.25) is 9.69 Å². The zero-order valence-corrected chi connectivity index (χ0v) is 17.6. The Morgan fingerprint density at radius 2 is 1.79 bits per heavy atom. The predicted octanol–water partition coefficient (Wildman–Crippen LogP) is 4.93. The topological polar surface area (TPSA) is 55.6 Å². The molecular weight excluding hydrogens is 360 g/mol. The maximum Gasteiger partial charge on any atom is 0.248 e. The first-order chi connectivity index (χ1) is 14.0. The first kappa shape index (κ1) is 20.0. The maximum absolute atomic E-state index is 11.5. The smallest absolute Gasteiger partial charge is 0.248 e. The molecule has 4 nitrogen and oxygen atoms in total. The number of nitrogens with zero attached hydrogens (tertiary/aromatic N) is 1. The Kier molecular flexibility index (Phi) is 5.91. The van der Waals surface area contributed by atoms with E-state index < -0.39 is 5.91 Å². The van der Waals surface area contributed by atoms with E-state index in [1.54, 1.807) is 6.07 Å². The minimum Gasteiger partial charge on any atom is -0.457 e. The summed E-state index contributed by atoms with van der Waals surface area (Å²) in [5.41, 5.74) is 9.63. The minimum absolute atomic E-state index is 0.394. The summed E-state index contributed by atoms with van der Waals surface area (Å²) >= 11 is 0. The Labute approximate surface area is 174 Å². The van der Waals surface area contributed by atoms with Crippen molar-refractivity contribution >= 4 is 5.91 Å². The van der Waals surface area contributed by atoms with Crippen LogP contribution in [0.4, 0.5) is 0 Å². The number of amides is 1. The van der Waals surface area contributed by atoms with Gasteiger partial charge >= 0.3 is 0 Å². The first-order valence-corrected chi connectivity index (χ1v) is 10.9. The van der Waals surface area contributed by atoms with Crippen molar-refractivity contribution in [2.45, 2.75) is 52.5 Å². The summed E-state index contributed by atoms with van der Waals surface area (Å²) in [5.74, 6) is 3.00. The molecule has 0 bridgehead atoms. The molecule has 154 valence electrons. The number of ether oxygens (including phenoxy) is 1. The quantitative estimate of drug-likeness (QED) is 0.693. The summed E-state index contributed by atoms with van der Waals surface area (Å²) in [6, 6.07) is 12.1. The van der Waals surface area contributed by atoms with E-state index in [4.69, 9.17) is 10.5 Å². The summed E-state index contributed by atoms with van der Waals surface area (Å²) < 4.78 is 6.18. The van der Waals surface area contributed by atoms with Gasteiger partial charge in [-0.1, -0.05) is 26.0 Å². The van der Waals surface area contributed by atoms with Crippen molar-refractivity contribution in [1.29, 1.82) is 0 Å². The van der Waals surface area contributed by atoms with Crippen LogP contribution in [0, 0.1) is 11.8 Å². The maximum atomic E-state index is 11.5. The molecule has 1 amide bonds. The van der Waals surface area contributed by atoms with Crippen LogP contribution in [0.15, 0.2) is 36.4 Å². The Morgan fingerprint density at radius 3 is 2.45 bits per heavy atom. The van der Waals surface area contributed by atoms with Gasteiger partial charge in [0.2, 0.25) is 5.91 Å². The van der Waals surface area contributed by atoms with E-state index in [1.165, 1.54) is 43.5 Å². The Hall–Kier alpha value is -2.33. The van der Waals surface area contributed by atoms with E-state index >= 15 is 0 Å². The van der Waals surface area contributed by atoms with Crippen molar-refractivity contribution in [3.63, 3.8) is 0 Å². The lowest BCUT2D eigenvalue weighted by Gasteiger charge is -2.24. The van der Waals surface area contributed by atoms with Crippen LogP contribution in [-0.2, 0) is 19.4 Å². The van der Waals surface area contributed by atoms with Crippen LogP contribution in [-0.4, -0.2) is 23.9 Å². The van der Waals surface area contributed by atoms with Crippen LogP contribution < -0.4 is 10.5 Å². The monoisotopic (exact) mass is 392 g/mol. The highest BCUT2D eigenvalue weighted by Gasteiger charge is 2.24. The summed E-state index contributed by atoms with van der Waals surface area (Å²) in [7, 11) is 0. The molecule has 29 heavy (non-hydrogen) atoms. The molecule has 1 heterocycles. The second kappa shape index (κ2) is 8.58. The number of benzene rings is 2. The number of hydrogen-bond acceptors (Lipinski definition) is 3. The summed E-state index contributed by atoms with van der Waals surface area (Å²) in [4.78, 5) is 14.1. The van der Waals surface area contributed by atoms with E-state index in [-0.39, 0.29) is 0 Å². The fourth-order valence-electron chi connectivity index (χ4n) is 4.04. The van der Waals surface area contributed by atoms with Gasteiger partial charge in [0.1, 0.15) is 11.5 Å². The van der Waals surface area contributed by atoms with E-state index in [9.17, 15) is 4.79 Å². The number of rotatable bonds is 8. The molecule has 1 aliphatic heterocycles. The molecule has 2 N–H and O–H groups in total. The highest BCUT2D eigenvalue weighted by atomic mass is 16.5. The van der Waals surface area contributed by atoms with Gasteiger partial charge in [-0.15, -0.1) is 0 Å². The van der Waals surface area contributed by atoms with Crippen LogP contribution in [0.5, 0.6) is 11.5 Å². The number of nitrogens with two attached hydrogens (primary N) is 1. The lowest BCUT2D eigenvalue weighted by atomic mass is 10.0. The fourth-order valence-corrected chi connectivity index (χ4v) is 4.04. The molecule has 2 aromatic carbocycles. The van der Waals surface area contributed by atoms with Crippen molar-refractivity contribution in [3.05, 3.63) is 58.7 Å². The van der Waals surface area contributed by atoms with Crippen molar-refractivity contribution in [1.82, 2.24) is 4.90 Å². The molecule has 0 unspecified atom stereocenters. The molecule has 2 aromatic rings. The second-order valence-corrected chi connectivity index (χ2v) is 9.09. The molecule has 1 saturated carbocycles. The lowest BCUT2D eigenvalue weighted by molar-refractivity contribution is 0.1000. The third-order valence-electron chi connectivity index (χ3n) is 6.00. The molecule has 4 rings (SSSR count). The van der Waals surface area contributed by atoms with Crippen molar-refractivity contribution in [2.24, 2.45) is 17.6 Å². The summed E-state index contributed by atoms with van der Waals surface area (Å²) in [6.07, 6.45) is 5.79. The highest BCUT2D eigenvalue weighted by Crippen LogP contribution is 2.35. The van der Waals surface area contributed by atoms with Crippen LogP contribution in [0.2, 0.25) is 0 Å². The van der Waals surface area contributed by atoms with Gasteiger partial charge in [0.15, 0.2) is 0 Å². The Morgan fingerprint density at radius 1 is 1.10 bits per heavy atom. The number of aryl methyl sites for hydroxylation is 2. The normalized spacial score (nSPS) is 15.6.